The molecule has 2 unspecified atom stereocenters. The molecule has 2 atom stereocenters. The van der Waals surface area contributed by atoms with Gasteiger partial charge in [0.1, 0.15) is 0 Å². The molecule has 94 valence electrons. The lowest BCUT2D eigenvalue weighted by molar-refractivity contribution is 0.0246. The minimum Gasteiger partial charge on any atom is -0.381 e. The molecule has 0 aliphatic carbocycles. The molecule has 0 radical (unpaired) electrons. The lowest BCUT2D eigenvalue weighted by atomic mass is 10.1. The van der Waals surface area contributed by atoms with Crippen LogP contribution in [0, 0.1) is 0 Å². The Morgan fingerprint density at radius 2 is 2.35 bits per heavy atom. The summed E-state index contributed by atoms with van der Waals surface area (Å²) in [7, 11) is 0. The molecule has 0 saturated carbocycles. The maximum atomic E-state index is 5.60. The highest BCUT2D eigenvalue weighted by Crippen LogP contribution is 2.22. The molecule has 2 aliphatic rings. The molecule has 3 heterocycles. The molecule has 2 fully saturated rings. The van der Waals surface area contributed by atoms with Crippen molar-refractivity contribution in [1.29, 1.82) is 0 Å². The fraction of sp³-hybridized carbons (Fsp3) is 0.818. The van der Waals surface area contributed by atoms with E-state index < -0.39 is 0 Å². The van der Waals surface area contributed by atoms with Crippen LogP contribution in [0.2, 0.25) is 0 Å². The van der Waals surface area contributed by atoms with Gasteiger partial charge in [-0.05, 0) is 6.42 Å². The van der Waals surface area contributed by atoms with Crippen molar-refractivity contribution in [2.24, 2.45) is 0 Å². The van der Waals surface area contributed by atoms with E-state index in [9.17, 15) is 0 Å². The summed E-state index contributed by atoms with van der Waals surface area (Å²) in [6.07, 6.45) is 1.82. The third-order valence-electron chi connectivity index (χ3n) is 3.19. The minimum atomic E-state index is 0.150. The average Bonchev–Trinajstić information content (AvgIpc) is 3.00. The molecule has 1 aromatic rings. The summed E-state index contributed by atoms with van der Waals surface area (Å²) in [6.45, 7) is 4.03. The van der Waals surface area contributed by atoms with Crippen molar-refractivity contribution in [2.75, 3.05) is 32.9 Å². The second kappa shape index (κ2) is 5.12. The fourth-order valence-corrected chi connectivity index (χ4v) is 2.20. The van der Waals surface area contributed by atoms with Crippen LogP contribution < -0.4 is 5.32 Å². The average molecular weight is 239 g/mol. The molecule has 1 aromatic heterocycles. The van der Waals surface area contributed by atoms with Crippen LogP contribution in [0.15, 0.2) is 4.52 Å². The molecule has 2 saturated heterocycles. The third kappa shape index (κ3) is 2.65. The van der Waals surface area contributed by atoms with Crippen LogP contribution in [0.5, 0.6) is 0 Å². The van der Waals surface area contributed by atoms with Gasteiger partial charge >= 0.3 is 0 Å². The molecule has 0 aromatic carbocycles. The number of nitrogens with one attached hydrogen (secondary N) is 1. The van der Waals surface area contributed by atoms with Crippen molar-refractivity contribution in [3.63, 3.8) is 0 Å². The summed E-state index contributed by atoms with van der Waals surface area (Å²) in [6, 6.07) is 0. The second-order valence-electron chi connectivity index (χ2n) is 4.51. The number of morpholine rings is 1. The Balaban J connectivity index is 1.59. The van der Waals surface area contributed by atoms with Gasteiger partial charge in [0.05, 0.1) is 25.7 Å². The minimum absolute atomic E-state index is 0.150. The van der Waals surface area contributed by atoms with Gasteiger partial charge < -0.3 is 19.3 Å². The lowest BCUT2D eigenvalue weighted by Crippen LogP contribution is -2.39. The van der Waals surface area contributed by atoms with Crippen molar-refractivity contribution in [3.05, 3.63) is 11.7 Å². The van der Waals surface area contributed by atoms with Crippen LogP contribution in [-0.2, 0) is 15.9 Å². The molecule has 2 aliphatic heterocycles. The van der Waals surface area contributed by atoms with E-state index in [-0.39, 0.29) is 6.10 Å². The Hall–Kier alpha value is -0.980. The van der Waals surface area contributed by atoms with Crippen molar-refractivity contribution in [1.82, 2.24) is 15.5 Å². The maximum absolute atomic E-state index is 5.60. The van der Waals surface area contributed by atoms with Gasteiger partial charge in [-0.25, -0.2) is 0 Å². The topological polar surface area (TPSA) is 69.4 Å². The molecular weight excluding hydrogens is 222 g/mol. The van der Waals surface area contributed by atoms with Gasteiger partial charge in [-0.15, -0.1) is 0 Å². The lowest BCUT2D eigenvalue weighted by Gasteiger charge is -2.21. The Bertz CT molecular complexity index is 357. The summed E-state index contributed by atoms with van der Waals surface area (Å²) in [5, 5.41) is 7.30. The first-order chi connectivity index (χ1) is 8.42. The summed E-state index contributed by atoms with van der Waals surface area (Å²) in [5.74, 6) is 1.75. The van der Waals surface area contributed by atoms with Gasteiger partial charge in [0.15, 0.2) is 5.82 Å². The molecule has 0 amide bonds. The van der Waals surface area contributed by atoms with Crippen molar-refractivity contribution < 1.29 is 14.0 Å². The van der Waals surface area contributed by atoms with E-state index in [1.54, 1.807) is 0 Å². The summed E-state index contributed by atoms with van der Waals surface area (Å²) in [4.78, 5) is 4.42. The van der Waals surface area contributed by atoms with Crippen LogP contribution in [-0.4, -0.2) is 49.2 Å². The van der Waals surface area contributed by atoms with Gasteiger partial charge in [-0.2, -0.15) is 4.98 Å². The highest BCUT2D eigenvalue weighted by atomic mass is 16.5. The Labute approximate surface area is 99.7 Å². The molecule has 3 rings (SSSR count). The highest BCUT2D eigenvalue weighted by Gasteiger charge is 2.24. The predicted octanol–water partition coefficient (Wildman–Crippen LogP) is 0.104. The first-order valence-electron chi connectivity index (χ1n) is 6.14. The van der Waals surface area contributed by atoms with Gasteiger partial charge in [0, 0.05) is 25.6 Å². The second-order valence-corrected chi connectivity index (χ2v) is 4.51. The molecule has 1 N–H and O–H groups in total. The van der Waals surface area contributed by atoms with Crippen LogP contribution in [0.1, 0.15) is 24.1 Å². The van der Waals surface area contributed by atoms with E-state index in [1.165, 1.54) is 0 Å². The molecule has 6 nitrogen and oxygen atoms in total. The van der Waals surface area contributed by atoms with E-state index in [2.05, 4.69) is 15.5 Å². The number of rotatable bonds is 3. The van der Waals surface area contributed by atoms with E-state index in [0.29, 0.717) is 24.8 Å². The quantitative estimate of drug-likeness (QED) is 0.807. The SMILES string of the molecule is C1COC(Cc2nc(C3CCOC3)no2)CN1. The summed E-state index contributed by atoms with van der Waals surface area (Å²) < 4.78 is 16.2. The Morgan fingerprint density at radius 1 is 1.35 bits per heavy atom. The molecule has 0 spiro atoms. The summed E-state index contributed by atoms with van der Waals surface area (Å²) in [5.41, 5.74) is 0. The smallest absolute Gasteiger partial charge is 0.229 e. The van der Waals surface area contributed by atoms with Gasteiger partial charge in [-0.3, -0.25) is 0 Å². The van der Waals surface area contributed by atoms with Gasteiger partial charge in [0.25, 0.3) is 0 Å². The highest BCUT2D eigenvalue weighted by molar-refractivity contribution is 4.98. The van der Waals surface area contributed by atoms with E-state index in [1.807, 2.05) is 0 Å². The number of ether oxygens (including phenoxy) is 2. The maximum Gasteiger partial charge on any atom is 0.229 e. The van der Waals surface area contributed by atoms with E-state index in [0.717, 1.165) is 38.5 Å². The van der Waals surface area contributed by atoms with Gasteiger partial charge in [0.2, 0.25) is 5.89 Å². The predicted molar refractivity (Wildman–Crippen MR) is 58.8 cm³/mol. The third-order valence-corrected chi connectivity index (χ3v) is 3.19. The van der Waals surface area contributed by atoms with E-state index in [4.69, 9.17) is 14.0 Å². The Morgan fingerprint density at radius 3 is 3.12 bits per heavy atom. The molecule has 6 heteroatoms. The zero-order chi connectivity index (χ0) is 11.5. The van der Waals surface area contributed by atoms with Crippen molar-refractivity contribution in [3.8, 4) is 0 Å². The first kappa shape index (κ1) is 11.1. The van der Waals surface area contributed by atoms with Crippen LogP contribution >= 0.6 is 0 Å². The normalized spacial score (nSPS) is 29.6. The largest absolute Gasteiger partial charge is 0.381 e. The molecular formula is C11H17N3O3. The standard InChI is InChI=1S/C11H17N3O3/c1-3-15-7-8(1)11-13-10(17-14-11)5-9-6-12-2-4-16-9/h8-9,12H,1-7H2. The summed E-state index contributed by atoms with van der Waals surface area (Å²) >= 11 is 0. The van der Waals surface area contributed by atoms with Crippen molar-refractivity contribution >= 4 is 0 Å². The van der Waals surface area contributed by atoms with Crippen LogP contribution in [0.25, 0.3) is 0 Å². The monoisotopic (exact) mass is 239 g/mol. The number of aromatic nitrogens is 2. The number of hydrogen-bond acceptors (Lipinski definition) is 6. The fourth-order valence-electron chi connectivity index (χ4n) is 2.20. The molecule has 17 heavy (non-hydrogen) atoms. The number of hydrogen-bond donors (Lipinski definition) is 1. The van der Waals surface area contributed by atoms with Crippen LogP contribution in [0.3, 0.4) is 0 Å². The first-order valence-corrected chi connectivity index (χ1v) is 6.14. The zero-order valence-electron chi connectivity index (χ0n) is 9.72. The van der Waals surface area contributed by atoms with Crippen molar-refractivity contribution in [2.45, 2.75) is 24.9 Å². The van der Waals surface area contributed by atoms with Crippen LogP contribution in [0.4, 0.5) is 0 Å². The zero-order valence-corrected chi connectivity index (χ0v) is 9.72. The Kier molecular flexibility index (Phi) is 3.35. The molecule has 0 bridgehead atoms. The number of nitrogens with zero attached hydrogens (tertiary/aromatic N) is 2. The van der Waals surface area contributed by atoms with Gasteiger partial charge in [-0.1, -0.05) is 5.16 Å². The van der Waals surface area contributed by atoms with E-state index >= 15 is 0 Å².